The molecule has 2 heterocycles. The number of likely N-dealkylation sites (tertiary alicyclic amines) is 1. The van der Waals surface area contributed by atoms with Crippen LogP contribution in [0.25, 0.3) is 0 Å². The van der Waals surface area contributed by atoms with Crippen molar-refractivity contribution in [1.29, 1.82) is 0 Å². The van der Waals surface area contributed by atoms with E-state index in [1.54, 1.807) is 29.2 Å². The number of esters is 1. The lowest BCUT2D eigenvalue weighted by molar-refractivity contribution is -0.143. The smallest absolute Gasteiger partial charge is 0.340 e. The molecule has 0 aromatic heterocycles. The van der Waals surface area contributed by atoms with Crippen molar-refractivity contribution in [3.8, 4) is 0 Å². The predicted octanol–water partition coefficient (Wildman–Crippen LogP) is 0.837. The van der Waals surface area contributed by atoms with Gasteiger partial charge in [0.15, 0.2) is 6.61 Å². The van der Waals surface area contributed by atoms with Crippen molar-refractivity contribution in [2.75, 3.05) is 24.6 Å². The van der Waals surface area contributed by atoms with Crippen molar-refractivity contribution in [3.63, 3.8) is 0 Å². The fraction of sp³-hybridized carbons (Fsp3) is 0.474. The number of ether oxygens (including phenoxy) is 1. The topological polar surface area (TPSA) is 110 Å². The van der Waals surface area contributed by atoms with Crippen molar-refractivity contribution in [2.24, 2.45) is 5.73 Å². The van der Waals surface area contributed by atoms with Crippen molar-refractivity contribution in [1.82, 2.24) is 4.90 Å². The van der Waals surface area contributed by atoms with E-state index in [0.717, 1.165) is 19.3 Å². The molecular weight excluding hydrogens is 350 g/mol. The molecule has 3 amide bonds. The third-order valence-electron chi connectivity index (χ3n) is 4.97. The highest BCUT2D eigenvalue weighted by Gasteiger charge is 2.31. The number of rotatable bonds is 5. The van der Waals surface area contributed by atoms with Crippen molar-refractivity contribution >= 4 is 29.4 Å². The summed E-state index contributed by atoms with van der Waals surface area (Å²) in [5.41, 5.74) is 6.10. The Labute approximate surface area is 157 Å². The first-order valence-corrected chi connectivity index (χ1v) is 9.14. The van der Waals surface area contributed by atoms with Crippen LogP contribution >= 0.6 is 0 Å². The van der Waals surface area contributed by atoms with Gasteiger partial charge in [-0.3, -0.25) is 14.4 Å². The van der Waals surface area contributed by atoms with Crippen LogP contribution in [0.1, 0.15) is 42.5 Å². The Balaban J connectivity index is 1.67. The number of hydrogen-bond acceptors (Lipinski definition) is 5. The molecule has 27 heavy (non-hydrogen) atoms. The van der Waals surface area contributed by atoms with E-state index in [4.69, 9.17) is 10.5 Å². The third kappa shape index (κ3) is 4.10. The second-order valence-electron chi connectivity index (χ2n) is 6.74. The van der Waals surface area contributed by atoms with Gasteiger partial charge in [0.05, 0.1) is 11.3 Å². The molecule has 2 saturated heterocycles. The molecule has 0 unspecified atom stereocenters. The second-order valence-corrected chi connectivity index (χ2v) is 6.74. The summed E-state index contributed by atoms with van der Waals surface area (Å²) >= 11 is 0. The minimum atomic E-state index is -0.675. The van der Waals surface area contributed by atoms with Crippen LogP contribution in [0.2, 0.25) is 0 Å². The average molecular weight is 373 g/mol. The monoisotopic (exact) mass is 373 g/mol. The first kappa shape index (κ1) is 18.9. The number of benzene rings is 1. The number of carbonyl (C=O) groups is 4. The van der Waals surface area contributed by atoms with Crippen LogP contribution in [-0.2, 0) is 19.1 Å². The van der Waals surface area contributed by atoms with Gasteiger partial charge in [0.2, 0.25) is 11.8 Å². The Morgan fingerprint density at radius 1 is 1.11 bits per heavy atom. The van der Waals surface area contributed by atoms with Gasteiger partial charge in [0.1, 0.15) is 6.04 Å². The maximum absolute atomic E-state index is 12.5. The molecule has 144 valence electrons. The Morgan fingerprint density at radius 3 is 2.59 bits per heavy atom. The molecule has 2 N–H and O–H groups in total. The number of hydrogen-bond donors (Lipinski definition) is 1. The predicted molar refractivity (Wildman–Crippen MR) is 96.9 cm³/mol. The zero-order chi connectivity index (χ0) is 19.4. The molecule has 0 aliphatic carbocycles. The fourth-order valence-corrected chi connectivity index (χ4v) is 3.60. The van der Waals surface area contributed by atoms with Gasteiger partial charge in [-0.1, -0.05) is 12.1 Å². The largest absolute Gasteiger partial charge is 0.452 e. The Morgan fingerprint density at radius 2 is 1.89 bits per heavy atom. The van der Waals surface area contributed by atoms with E-state index < -0.39 is 30.4 Å². The molecule has 3 rings (SSSR count). The summed E-state index contributed by atoms with van der Waals surface area (Å²) in [7, 11) is 0. The van der Waals surface area contributed by atoms with Crippen molar-refractivity contribution in [2.45, 2.75) is 38.1 Å². The summed E-state index contributed by atoms with van der Waals surface area (Å²) in [6.07, 6.45) is 3.32. The molecule has 0 radical (unpaired) electrons. The molecule has 2 aliphatic rings. The van der Waals surface area contributed by atoms with Crippen LogP contribution in [0.5, 0.6) is 0 Å². The number of carbonyl (C=O) groups excluding carboxylic acids is 4. The highest BCUT2D eigenvalue weighted by molar-refractivity contribution is 6.04. The number of amides is 3. The number of primary amides is 1. The zero-order valence-electron chi connectivity index (χ0n) is 15.1. The Kier molecular flexibility index (Phi) is 5.73. The molecule has 1 aromatic rings. The van der Waals surface area contributed by atoms with Gasteiger partial charge in [-0.2, -0.15) is 0 Å². The molecule has 1 aromatic carbocycles. The van der Waals surface area contributed by atoms with Gasteiger partial charge < -0.3 is 20.3 Å². The highest BCUT2D eigenvalue weighted by atomic mass is 16.5. The van der Waals surface area contributed by atoms with E-state index in [1.807, 2.05) is 0 Å². The summed E-state index contributed by atoms with van der Waals surface area (Å²) in [5, 5.41) is 0. The maximum atomic E-state index is 12.5. The molecule has 1 atom stereocenters. The van der Waals surface area contributed by atoms with Gasteiger partial charge in [-0.25, -0.2) is 4.79 Å². The van der Waals surface area contributed by atoms with Crippen LogP contribution < -0.4 is 10.6 Å². The van der Waals surface area contributed by atoms with Crippen LogP contribution in [0.15, 0.2) is 24.3 Å². The van der Waals surface area contributed by atoms with Crippen LogP contribution in [0, 0.1) is 0 Å². The number of anilines is 1. The van der Waals surface area contributed by atoms with Crippen LogP contribution in [0.3, 0.4) is 0 Å². The molecule has 2 aliphatic heterocycles. The first-order valence-electron chi connectivity index (χ1n) is 9.14. The van der Waals surface area contributed by atoms with Crippen molar-refractivity contribution in [3.05, 3.63) is 29.8 Å². The first-order chi connectivity index (χ1) is 13.0. The van der Waals surface area contributed by atoms with E-state index in [2.05, 4.69) is 0 Å². The molecule has 0 spiro atoms. The third-order valence-corrected chi connectivity index (χ3v) is 4.97. The number of nitrogens with two attached hydrogens (primary N) is 1. The average Bonchev–Trinajstić information content (AvgIpc) is 3.11. The van der Waals surface area contributed by atoms with Gasteiger partial charge >= 0.3 is 5.97 Å². The standard InChI is InChI=1S/C19H23N3O5/c20-18(25)15-8-3-4-10-22(15)17(24)12-27-19(26)13-6-1-2-7-14(13)21-11-5-9-16(21)23/h1-2,6-7,15H,3-5,8-12H2,(H2,20,25)/t15-/m0/s1. The van der Waals surface area contributed by atoms with E-state index in [0.29, 0.717) is 31.6 Å². The molecule has 8 heteroatoms. The van der Waals surface area contributed by atoms with Gasteiger partial charge in [-0.05, 0) is 37.8 Å². The molecule has 0 saturated carbocycles. The minimum Gasteiger partial charge on any atom is -0.452 e. The van der Waals surface area contributed by atoms with Gasteiger partial charge in [0, 0.05) is 19.5 Å². The van der Waals surface area contributed by atoms with Crippen molar-refractivity contribution < 1.29 is 23.9 Å². The summed E-state index contributed by atoms with van der Waals surface area (Å²) in [5.74, 6) is -1.70. The van der Waals surface area contributed by atoms with Gasteiger partial charge in [0.25, 0.3) is 5.91 Å². The maximum Gasteiger partial charge on any atom is 0.340 e. The quantitative estimate of drug-likeness (QED) is 0.769. The zero-order valence-corrected chi connectivity index (χ0v) is 15.1. The second kappa shape index (κ2) is 8.20. The summed E-state index contributed by atoms with van der Waals surface area (Å²) in [6.45, 7) is 0.504. The molecule has 0 bridgehead atoms. The summed E-state index contributed by atoms with van der Waals surface area (Å²) in [4.78, 5) is 51.4. The normalized spacial score (nSPS) is 19.9. The molecule has 2 fully saturated rings. The van der Waals surface area contributed by atoms with E-state index in [9.17, 15) is 19.2 Å². The summed E-state index contributed by atoms with van der Waals surface area (Å²) < 4.78 is 5.19. The lowest BCUT2D eigenvalue weighted by Gasteiger charge is -2.33. The highest BCUT2D eigenvalue weighted by Crippen LogP contribution is 2.26. The summed E-state index contributed by atoms with van der Waals surface area (Å²) in [6, 6.07) is 6.03. The number of piperidine rings is 1. The van der Waals surface area contributed by atoms with E-state index >= 15 is 0 Å². The minimum absolute atomic E-state index is 0.0380. The SMILES string of the molecule is NC(=O)[C@@H]1CCCCN1C(=O)COC(=O)c1ccccc1N1CCCC1=O. The van der Waals surface area contributed by atoms with E-state index in [-0.39, 0.29) is 11.5 Å². The Hall–Kier alpha value is -2.90. The van der Waals surface area contributed by atoms with Crippen LogP contribution in [-0.4, -0.2) is 54.3 Å². The Bertz CT molecular complexity index is 763. The fourth-order valence-electron chi connectivity index (χ4n) is 3.60. The van der Waals surface area contributed by atoms with Gasteiger partial charge in [-0.15, -0.1) is 0 Å². The van der Waals surface area contributed by atoms with Crippen LogP contribution in [0.4, 0.5) is 5.69 Å². The molecular formula is C19H23N3O5. The number of para-hydroxylation sites is 1. The number of nitrogens with zero attached hydrogens (tertiary/aromatic N) is 2. The van der Waals surface area contributed by atoms with E-state index in [1.165, 1.54) is 4.90 Å². The lowest BCUT2D eigenvalue weighted by Crippen LogP contribution is -2.51. The lowest BCUT2D eigenvalue weighted by atomic mass is 10.0. The molecule has 8 nitrogen and oxygen atoms in total.